The summed E-state index contributed by atoms with van der Waals surface area (Å²) in [4.78, 5) is 24.4. The van der Waals surface area contributed by atoms with Crippen molar-refractivity contribution < 1.29 is 28.5 Å². The van der Waals surface area contributed by atoms with Crippen LogP contribution in [0.4, 0.5) is 0 Å². The lowest BCUT2D eigenvalue weighted by Crippen LogP contribution is -2.28. The van der Waals surface area contributed by atoms with Crippen LogP contribution in [0.15, 0.2) is 30.3 Å². The fraction of sp³-hybridized carbons (Fsp3) is 0.364. The summed E-state index contributed by atoms with van der Waals surface area (Å²) >= 11 is 0. The van der Waals surface area contributed by atoms with Crippen LogP contribution in [0.25, 0.3) is 0 Å². The maximum Gasteiger partial charge on any atom is 0.338 e. The molecule has 2 aromatic carbocycles. The van der Waals surface area contributed by atoms with E-state index in [1.165, 1.54) is 32.5 Å². The van der Waals surface area contributed by atoms with Gasteiger partial charge in [0.2, 0.25) is 0 Å². The number of hydrogen-bond acceptors (Lipinski definition) is 6. The lowest BCUT2D eigenvalue weighted by Gasteiger charge is -2.14. The molecule has 1 aliphatic rings. The molecule has 0 radical (unpaired) electrons. The normalized spacial score (nSPS) is 12.1. The highest BCUT2D eigenvalue weighted by Gasteiger charge is 2.16. The van der Waals surface area contributed by atoms with Gasteiger partial charge in [0.15, 0.2) is 18.1 Å². The first-order valence-electron chi connectivity index (χ1n) is 9.40. The summed E-state index contributed by atoms with van der Waals surface area (Å²) in [5, 5.41) is 2.72. The largest absolute Gasteiger partial charge is 0.496 e. The number of nitrogens with one attached hydrogen (secondary N) is 1. The maximum absolute atomic E-state index is 12.2. The smallest absolute Gasteiger partial charge is 0.338 e. The summed E-state index contributed by atoms with van der Waals surface area (Å²) in [5.74, 6) is 0.705. The molecule has 29 heavy (non-hydrogen) atoms. The second-order valence-corrected chi connectivity index (χ2v) is 6.71. The molecule has 0 aliphatic heterocycles. The molecule has 0 saturated heterocycles. The van der Waals surface area contributed by atoms with Gasteiger partial charge in [0, 0.05) is 18.2 Å². The number of rotatable bonds is 8. The summed E-state index contributed by atoms with van der Waals surface area (Å²) in [7, 11) is 4.60. The van der Waals surface area contributed by atoms with Crippen molar-refractivity contribution in [2.75, 3.05) is 27.9 Å². The van der Waals surface area contributed by atoms with E-state index in [-0.39, 0.29) is 13.2 Å². The third kappa shape index (κ3) is 4.80. The first-order chi connectivity index (χ1) is 14.0. The Hall–Kier alpha value is -3.22. The van der Waals surface area contributed by atoms with Crippen molar-refractivity contribution in [2.45, 2.75) is 25.8 Å². The van der Waals surface area contributed by atoms with Crippen LogP contribution in [0, 0.1) is 0 Å². The number of hydrogen-bond donors (Lipinski definition) is 1. The number of aryl methyl sites for hydroxylation is 2. The van der Waals surface area contributed by atoms with Crippen LogP contribution in [0.1, 0.15) is 33.5 Å². The van der Waals surface area contributed by atoms with E-state index >= 15 is 0 Å². The van der Waals surface area contributed by atoms with Gasteiger partial charge >= 0.3 is 5.97 Å². The summed E-state index contributed by atoms with van der Waals surface area (Å²) in [6.07, 6.45) is 3.13. The minimum absolute atomic E-state index is 0.193. The second-order valence-electron chi connectivity index (χ2n) is 6.71. The minimum atomic E-state index is -0.501. The first-order valence-corrected chi connectivity index (χ1v) is 9.40. The van der Waals surface area contributed by atoms with E-state index in [0.717, 1.165) is 19.3 Å². The Morgan fingerprint density at radius 2 is 1.59 bits per heavy atom. The Morgan fingerprint density at radius 1 is 0.897 bits per heavy atom. The number of methoxy groups -OCH3 is 3. The lowest BCUT2D eigenvalue weighted by molar-refractivity contribution is -0.124. The number of carbonyl (C=O) groups excluding carboxylic acids is 2. The van der Waals surface area contributed by atoms with Crippen molar-refractivity contribution in [3.05, 3.63) is 52.6 Å². The highest BCUT2D eigenvalue weighted by Crippen LogP contribution is 2.34. The zero-order valence-electron chi connectivity index (χ0n) is 16.9. The van der Waals surface area contributed by atoms with Gasteiger partial charge in [-0.3, -0.25) is 4.79 Å². The van der Waals surface area contributed by atoms with Crippen LogP contribution >= 0.6 is 0 Å². The van der Waals surface area contributed by atoms with E-state index in [1.807, 2.05) is 12.1 Å². The van der Waals surface area contributed by atoms with Crippen LogP contribution in [-0.4, -0.2) is 39.8 Å². The Balaban J connectivity index is 1.55. The molecule has 2 aromatic rings. The van der Waals surface area contributed by atoms with Crippen molar-refractivity contribution >= 4 is 11.9 Å². The zero-order valence-corrected chi connectivity index (χ0v) is 16.9. The Labute approximate surface area is 169 Å². The molecule has 1 N–H and O–H groups in total. The predicted octanol–water partition coefficient (Wildman–Crippen LogP) is 2.67. The van der Waals surface area contributed by atoms with E-state index in [2.05, 4.69) is 5.32 Å². The van der Waals surface area contributed by atoms with Crippen molar-refractivity contribution in [1.82, 2.24) is 5.32 Å². The van der Waals surface area contributed by atoms with Crippen LogP contribution < -0.4 is 19.5 Å². The molecule has 0 heterocycles. The molecule has 1 amide bonds. The highest BCUT2D eigenvalue weighted by atomic mass is 16.5. The summed E-state index contributed by atoms with van der Waals surface area (Å²) < 4.78 is 21.0. The molecular formula is C22H25NO6. The average molecular weight is 399 g/mol. The second kappa shape index (κ2) is 9.32. The van der Waals surface area contributed by atoms with Crippen molar-refractivity contribution in [2.24, 2.45) is 0 Å². The zero-order chi connectivity index (χ0) is 20.8. The van der Waals surface area contributed by atoms with Gasteiger partial charge in [-0.15, -0.1) is 0 Å². The summed E-state index contributed by atoms with van der Waals surface area (Å²) in [6.45, 7) is -0.162. The molecule has 0 saturated carbocycles. The van der Waals surface area contributed by atoms with Gasteiger partial charge in [0.1, 0.15) is 5.75 Å². The molecule has 3 rings (SSSR count). The van der Waals surface area contributed by atoms with Gasteiger partial charge in [-0.2, -0.15) is 0 Å². The van der Waals surface area contributed by atoms with Crippen molar-refractivity contribution in [3.63, 3.8) is 0 Å². The quantitative estimate of drug-likeness (QED) is 0.687. The molecule has 7 nitrogen and oxygen atoms in total. The van der Waals surface area contributed by atoms with Gasteiger partial charge in [-0.25, -0.2) is 4.79 Å². The Kier molecular flexibility index (Phi) is 6.59. The van der Waals surface area contributed by atoms with Crippen molar-refractivity contribution in [3.8, 4) is 17.2 Å². The maximum atomic E-state index is 12.2. The van der Waals surface area contributed by atoms with Crippen LogP contribution in [0.3, 0.4) is 0 Å². The van der Waals surface area contributed by atoms with Gasteiger partial charge in [-0.05, 0) is 48.6 Å². The van der Waals surface area contributed by atoms with Gasteiger partial charge in [-0.1, -0.05) is 6.07 Å². The first kappa shape index (κ1) is 20.5. The van der Waals surface area contributed by atoms with E-state index in [9.17, 15) is 9.59 Å². The number of benzene rings is 2. The number of ether oxygens (including phenoxy) is 4. The Morgan fingerprint density at radius 3 is 2.31 bits per heavy atom. The van der Waals surface area contributed by atoms with Gasteiger partial charge < -0.3 is 24.3 Å². The molecule has 7 heteroatoms. The van der Waals surface area contributed by atoms with Crippen molar-refractivity contribution in [1.29, 1.82) is 0 Å². The molecule has 0 bridgehead atoms. The third-order valence-electron chi connectivity index (χ3n) is 4.93. The summed E-state index contributed by atoms with van der Waals surface area (Å²) in [6, 6.07) is 8.99. The number of carbonyl (C=O) groups is 2. The molecule has 0 spiro atoms. The van der Waals surface area contributed by atoms with Crippen LogP contribution in [-0.2, 0) is 28.9 Å². The molecule has 0 unspecified atom stereocenters. The third-order valence-corrected chi connectivity index (χ3v) is 4.93. The van der Waals surface area contributed by atoms with Gasteiger partial charge in [0.25, 0.3) is 5.91 Å². The molecule has 0 fully saturated rings. The SMILES string of the molecule is COc1cc(OC)c(OC)cc1CNC(=O)COC(=O)c1ccc2c(c1)CCC2. The molecule has 0 atom stereocenters. The van der Waals surface area contributed by atoms with Crippen LogP contribution in [0.5, 0.6) is 17.2 Å². The molecule has 0 aromatic heterocycles. The van der Waals surface area contributed by atoms with E-state index in [1.54, 1.807) is 18.2 Å². The predicted molar refractivity (Wildman–Crippen MR) is 107 cm³/mol. The Bertz CT molecular complexity index is 908. The molecular weight excluding hydrogens is 374 g/mol. The summed E-state index contributed by atoms with van der Waals surface area (Å²) in [5.41, 5.74) is 3.65. The topological polar surface area (TPSA) is 83.1 Å². The lowest BCUT2D eigenvalue weighted by atomic mass is 10.1. The monoisotopic (exact) mass is 399 g/mol. The fourth-order valence-corrected chi connectivity index (χ4v) is 3.39. The van der Waals surface area contributed by atoms with E-state index in [4.69, 9.17) is 18.9 Å². The molecule has 154 valence electrons. The minimum Gasteiger partial charge on any atom is -0.496 e. The highest BCUT2D eigenvalue weighted by molar-refractivity contribution is 5.91. The standard InChI is InChI=1S/C22H25NO6/c1-26-18-11-20(28-3)19(27-2)10-17(18)12-23-21(24)13-29-22(25)16-8-7-14-5-4-6-15(14)9-16/h7-11H,4-6,12-13H2,1-3H3,(H,23,24). The average Bonchev–Trinajstić information content (AvgIpc) is 3.23. The van der Waals surface area contributed by atoms with Crippen LogP contribution in [0.2, 0.25) is 0 Å². The fourth-order valence-electron chi connectivity index (χ4n) is 3.39. The molecule has 1 aliphatic carbocycles. The van der Waals surface area contributed by atoms with E-state index < -0.39 is 11.9 Å². The van der Waals surface area contributed by atoms with Gasteiger partial charge in [0.05, 0.1) is 26.9 Å². The van der Waals surface area contributed by atoms with E-state index in [0.29, 0.717) is 28.4 Å². The number of amides is 1. The number of fused-ring (bicyclic) bond motifs is 1. The number of esters is 1.